The van der Waals surface area contributed by atoms with E-state index in [0.29, 0.717) is 0 Å². The Balaban J connectivity index is 1.54. The number of unbranched alkanes of at least 4 members (excludes halogenated alkanes) is 6. The Labute approximate surface area is 132 Å². The molecule has 0 atom stereocenters. The van der Waals surface area contributed by atoms with Gasteiger partial charge < -0.3 is 4.74 Å². The third kappa shape index (κ3) is 5.56. The van der Waals surface area contributed by atoms with Gasteiger partial charge in [-0.25, -0.2) is 0 Å². The van der Waals surface area contributed by atoms with Gasteiger partial charge >= 0.3 is 0 Å². The lowest BCUT2D eigenvalue weighted by Crippen LogP contribution is -2.50. The van der Waals surface area contributed by atoms with Crippen molar-refractivity contribution >= 4 is 0 Å². The Kier molecular flexibility index (Phi) is 6.55. The highest BCUT2D eigenvalue weighted by atomic mass is 16.5. The second-order valence-corrected chi connectivity index (χ2v) is 8.15. The van der Waals surface area contributed by atoms with Gasteiger partial charge in [0.05, 0.1) is 6.61 Å². The summed E-state index contributed by atoms with van der Waals surface area (Å²) in [5.74, 6) is 0.959. The molecular weight excluding hydrogens is 258 g/mol. The predicted molar refractivity (Wildman–Crippen MR) is 90.5 cm³/mol. The molecular formula is C19H37NO. The van der Waals surface area contributed by atoms with Gasteiger partial charge in [-0.1, -0.05) is 58.3 Å². The molecule has 0 radical (unpaired) electrons. The quantitative estimate of drug-likeness (QED) is 0.604. The van der Waals surface area contributed by atoms with E-state index in [1.807, 2.05) is 0 Å². The highest BCUT2D eigenvalue weighted by molar-refractivity contribution is 4.97. The molecule has 2 heteroatoms. The van der Waals surface area contributed by atoms with Gasteiger partial charge in [0.2, 0.25) is 0 Å². The van der Waals surface area contributed by atoms with E-state index in [2.05, 4.69) is 26.1 Å². The van der Waals surface area contributed by atoms with E-state index < -0.39 is 0 Å². The zero-order valence-electron chi connectivity index (χ0n) is 14.7. The summed E-state index contributed by atoms with van der Waals surface area (Å²) in [6, 6.07) is 0. The van der Waals surface area contributed by atoms with Crippen LogP contribution in [0.25, 0.3) is 0 Å². The maximum Gasteiger partial charge on any atom is 0.119 e. The van der Waals surface area contributed by atoms with E-state index in [4.69, 9.17) is 4.74 Å². The molecule has 124 valence electrons. The maximum atomic E-state index is 6.11. The van der Waals surface area contributed by atoms with Crippen molar-refractivity contribution in [3.05, 3.63) is 0 Å². The Morgan fingerprint density at radius 1 is 0.952 bits per heavy atom. The Morgan fingerprint density at radius 2 is 1.57 bits per heavy atom. The van der Waals surface area contributed by atoms with Crippen molar-refractivity contribution in [2.75, 3.05) is 6.61 Å². The van der Waals surface area contributed by atoms with Crippen molar-refractivity contribution < 1.29 is 4.74 Å². The van der Waals surface area contributed by atoms with Crippen LogP contribution in [0.3, 0.4) is 0 Å². The number of ether oxygens (including phenoxy) is 1. The van der Waals surface area contributed by atoms with Gasteiger partial charge in [0.25, 0.3) is 0 Å². The molecule has 1 aliphatic carbocycles. The molecule has 0 amide bonds. The summed E-state index contributed by atoms with van der Waals surface area (Å²) < 4.78 is 6.11. The van der Waals surface area contributed by atoms with E-state index in [1.165, 1.54) is 77.0 Å². The van der Waals surface area contributed by atoms with Gasteiger partial charge in [0, 0.05) is 5.54 Å². The van der Waals surface area contributed by atoms with Gasteiger partial charge in [0.15, 0.2) is 0 Å². The van der Waals surface area contributed by atoms with Crippen molar-refractivity contribution in [1.29, 1.82) is 0 Å². The van der Waals surface area contributed by atoms with Crippen molar-refractivity contribution in [3.8, 4) is 0 Å². The van der Waals surface area contributed by atoms with E-state index in [-0.39, 0.29) is 11.3 Å². The van der Waals surface area contributed by atoms with Crippen LogP contribution in [-0.2, 0) is 4.74 Å². The minimum absolute atomic E-state index is 0.0279. The molecule has 0 bridgehead atoms. The van der Waals surface area contributed by atoms with Crippen molar-refractivity contribution in [1.82, 2.24) is 5.32 Å². The van der Waals surface area contributed by atoms with Gasteiger partial charge in [-0.2, -0.15) is 0 Å². The molecule has 1 N–H and O–H groups in total. The molecule has 2 aliphatic rings. The Morgan fingerprint density at radius 3 is 2.14 bits per heavy atom. The fraction of sp³-hybridized carbons (Fsp3) is 1.00. The zero-order chi connectivity index (χ0) is 15.2. The van der Waals surface area contributed by atoms with Gasteiger partial charge in [-0.15, -0.1) is 0 Å². The number of nitrogens with one attached hydrogen (secondary N) is 1. The molecule has 1 spiro atoms. The van der Waals surface area contributed by atoms with Crippen molar-refractivity contribution in [2.24, 2.45) is 5.92 Å². The average Bonchev–Trinajstić information content (AvgIpc) is 2.75. The lowest BCUT2D eigenvalue weighted by molar-refractivity contribution is -0.0492. The molecule has 2 fully saturated rings. The normalized spacial score (nSPS) is 31.9. The molecule has 0 aromatic carbocycles. The second-order valence-electron chi connectivity index (χ2n) is 8.15. The molecule has 0 aromatic heterocycles. The number of hydrogen-bond donors (Lipinski definition) is 1. The van der Waals surface area contributed by atoms with Crippen LogP contribution in [-0.4, -0.2) is 17.9 Å². The first kappa shape index (κ1) is 17.3. The summed E-state index contributed by atoms with van der Waals surface area (Å²) in [4.78, 5) is 0. The number of hydrogen-bond acceptors (Lipinski definition) is 2. The van der Waals surface area contributed by atoms with Gasteiger partial charge in [-0.05, 0) is 45.4 Å². The lowest BCUT2D eigenvalue weighted by Gasteiger charge is -2.37. The molecule has 2 rings (SSSR count). The van der Waals surface area contributed by atoms with Crippen LogP contribution in [0.4, 0.5) is 0 Å². The molecule has 1 saturated carbocycles. The molecule has 2 nitrogen and oxygen atoms in total. The Hall–Kier alpha value is -0.0800. The summed E-state index contributed by atoms with van der Waals surface area (Å²) in [6.07, 6.45) is 16.6. The second kappa shape index (κ2) is 7.97. The largest absolute Gasteiger partial charge is 0.359 e. The molecule has 1 saturated heterocycles. The number of rotatable bonds is 8. The monoisotopic (exact) mass is 295 g/mol. The maximum absolute atomic E-state index is 6.11. The van der Waals surface area contributed by atoms with Crippen LogP contribution in [0, 0.1) is 5.92 Å². The molecule has 1 heterocycles. The highest BCUT2D eigenvalue weighted by Gasteiger charge is 2.45. The van der Waals surface area contributed by atoms with E-state index in [1.54, 1.807) is 0 Å². The molecule has 0 aromatic rings. The van der Waals surface area contributed by atoms with Crippen LogP contribution >= 0.6 is 0 Å². The molecule has 21 heavy (non-hydrogen) atoms. The molecule has 1 aliphatic heterocycles. The van der Waals surface area contributed by atoms with Crippen LogP contribution < -0.4 is 5.32 Å². The van der Waals surface area contributed by atoms with Crippen LogP contribution in [0.15, 0.2) is 0 Å². The van der Waals surface area contributed by atoms with E-state index in [9.17, 15) is 0 Å². The minimum Gasteiger partial charge on any atom is -0.359 e. The smallest absolute Gasteiger partial charge is 0.119 e. The van der Waals surface area contributed by atoms with Gasteiger partial charge in [0.1, 0.15) is 5.72 Å². The van der Waals surface area contributed by atoms with E-state index >= 15 is 0 Å². The summed E-state index contributed by atoms with van der Waals surface area (Å²) in [6.45, 7) is 7.67. The average molecular weight is 296 g/mol. The highest BCUT2D eigenvalue weighted by Crippen LogP contribution is 2.39. The predicted octanol–water partition coefficient (Wildman–Crippen LogP) is 5.41. The van der Waals surface area contributed by atoms with Gasteiger partial charge in [-0.3, -0.25) is 5.32 Å². The first-order chi connectivity index (χ1) is 10.1. The van der Waals surface area contributed by atoms with Crippen LogP contribution in [0.1, 0.15) is 97.8 Å². The third-order valence-electron chi connectivity index (χ3n) is 5.40. The summed E-state index contributed by atoms with van der Waals surface area (Å²) in [5, 5.41) is 3.74. The third-order valence-corrected chi connectivity index (χ3v) is 5.40. The van der Waals surface area contributed by atoms with Crippen LogP contribution in [0.5, 0.6) is 0 Å². The fourth-order valence-corrected chi connectivity index (χ4v) is 4.10. The summed E-state index contributed by atoms with van der Waals surface area (Å²) in [5.41, 5.74) is 0.200. The summed E-state index contributed by atoms with van der Waals surface area (Å²) >= 11 is 0. The first-order valence-corrected chi connectivity index (χ1v) is 9.49. The summed E-state index contributed by atoms with van der Waals surface area (Å²) in [7, 11) is 0. The topological polar surface area (TPSA) is 21.3 Å². The zero-order valence-corrected chi connectivity index (χ0v) is 14.7. The van der Waals surface area contributed by atoms with Crippen molar-refractivity contribution in [3.63, 3.8) is 0 Å². The molecule has 0 unspecified atom stereocenters. The Bertz CT molecular complexity index is 292. The first-order valence-electron chi connectivity index (χ1n) is 9.49. The lowest BCUT2D eigenvalue weighted by atomic mass is 9.80. The van der Waals surface area contributed by atoms with E-state index in [0.717, 1.165) is 12.5 Å². The minimum atomic E-state index is 0.0279. The van der Waals surface area contributed by atoms with Crippen molar-refractivity contribution in [2.45, 2.75) is 109 Å². The van der Waals surface area contributed by atoms with Crippen LogP contribution in [0.2, 0.25) is 0 Å². The standard InChI is InChI=1S/C19H37NO/c1-4-5-6-7-8-9-10-11-17-12-14-19(15-13-17)20-18(2,3)16-21-19/h17,20H,4-16H2,1-3H3. The SMILES string of the molecule is CCCCCCCCCC1CCC2(CC1)NC(C)(C)CO2. The fourth-order valence-electron chi connectivity index (χ4n) is 4.10.